The molecule has 0 atom stereocenters. The molecule has 2 N–H and O–H groups in total. The van der Waals surface area contributed by atoms with E-state index in [2.05, 4.69) is 14.7 Å². The smallest absolute Gasteiger partial charge is 0.354 e. The normalized spacial score (nSPS) is 10.2. The van der Waals surface area contributed by atoms with Crippen molar-refractivity contribution in [3.63, 3.8) is 0 Å². The number of ether oxygens (including phenoxy) is 2. The summed E-state index contributed by atoms with van der Waals surface area (Å²) in [5.74, 6) is -2.34. The van der Waals surface area contributed by atoms with Gasteiger partial charge in [-0.1, -0.05) is 0 Å². The molecular formula is C12H17N3O6. The molecule has 0 fully saturated rings. The number of nitrogens with zero attached hydrogens (tertiary/aromatic N) is 2. The fourth-order valence-corrected chi connectivity index (χ4v) is 1.61. The van der Waals surface area contributed by atoms with E-state index in [9.17, 15) is 14.4 Å². The predicted molar refractivity (Wildman–Crippen MR) is 70.0 cm³/mol. The number of hydrogen-bond acceptors (Lipinski definition) is 6. The Morgan fingerprint density at radius 2 is 2.05 bits per heavy atom. The number of H-pyrrole nitrogens is 1. The van der Waals surface area contributed by atoms with Crippen LogP contribution in [0.25, 0.3) is 0 Å². The van der Waals surface area contributed by atoms with Crippen molar-refractivity contribution in [2.45, 2.75) is 6.42 Å². The average molecular weight is 299 g/mol. The predicted octanol–water partition coefficient (Wildman–Crippen LogP) is -0.240. The lowest BCUT2D eigenvalue weighted by molar-refractivity contribution is -0.140. The summed E-state index contributed by atoms with van der Waals surface area (Å²) in [6.45, 7) is 0.540. The number of carbonyl (C=O) groups is 3. The number of methoxy groups -OCH3 is 2. The van der Waals surface area contributed by atoms with Gasteiger partial charge < -0.3 is 24.5 Å². The third-order valence-electron chi connectivity index (χ3n) is 2.72. The van der Waals surface area contributed by atoms with E-state index < -0.39 is 17.8 Å². The first-order chi connectivity index (χ1) is 10.0. The first kappa shape index (κ1) is 16.6. The van der Waals surface area contributed by atoms with Crippen LogP contribution in [-0.2, 0) is 14.3 Å². The van der Waals surface area contributed by atoms with Crippen LogP contribution >= 0.6 is 0 Å². The third kappa shape index (κ3) is 4.56. The van der Waals surface area contributed by atoms with Crippen molar-refractivity contribution in [3.8, 4) is 0 Å². The molecule has 0 aromatic carbocycles. The van der Waals surface area contributed by atoms with Gasteiger partial charge in [-0.3, -0.25) is 9.59 Å². The number of nitrogens with one attached hydrogen (secondary N) is 1. The molecule has 0 aliphatic carbocycles. The Labute approximate surface area is 120 Å². The van der Waals surface area contributed by atoms with Crippen molar-refractivity contribution in [2.75, 3.05) is 33.9 Å². The molecule has 9 nitrogen and oxygen atoms in total. The van der Waals surface area contributed by atoms with Crippen LogP contribution in [0.2, 0.25) is 0 Å². The van der Waals surface area contributed by atoms with Gasteiger partial charge in [-0.15, -0.1) is 0 Å². The number of aromatic nitrogens is 2. The van der Waals surface area contributed by atoms with Gasteiger partial charge in [-0.2, -0.15) is 0 Å². The molecule has 21 heavy (non-hydrogen) atoms. The number of carboxylic acid groups (broad SMARTS) is 1. The molecule has 9 heteroatoms. The first-order valence-electron chi connectivity index (χ1n) is 6.13. The summed E-state index contributed by atoms with van der Waals surface area (Å²) in [7, 11) is 2.72. The molecule has 0 aliphatic heterocycles. The molecule has 116 valence electrons. The maximum absolute atomic E-state index is 12.3. The lowest BCUT2D eigenvalue weighted by atomic mass is 10.2. The topological polar surface area (TPSA) is 122 Å². The number of amides is 1. The van der Waals surface area contributed by atoms with Crippen LogP contribution in [0.15, 0.2) is 6.33 Å². The minimum Gasteiger partial charge on any atom is -0.477 e. The van der Waals surface area contributed by atoms with E-state index >= 15 is 0 Å². The summed E-state index contributed by atoms with van der Waals surface area (Å²) in [6, 6.07) is 0. The van der Waals surface area contributed by atoms with Crippen molar-refractivity contribution in [2.24, 2.45) is 0 Å². The summed E-state index contributed by atoms with van der Waals surface area (Å²) in [5.41, 5.74) is -0.496. The number of aromatic amines is 1. The van der Waals surface area contributed by atoms with Crippen molar-refractivity contribution in [3.05, 3.63) is 17.7 Å². The maximum atomic E-state index is 12.3. The highest BCUT2D eigenvalue weighted by molar-refractivity contribution is 6.02. The zero-order chi connectivity index (χ0) is 15.8. The molecule has 0 saturated carbocycles. The fraction of sp³-hybridized carbons (Fsp3) is 0.500. The van der Waals surface area contributed by atoms with Crippen molar-refractivity contribution in [1.82, 2.24) is 14.9 Å². The van der Waals surface area contributed by atoms with Crippen LogP contribution < -0.4 is 0 Å². The van der Waals surface area contributed by atoms with Gasteiger partial charge in [-0.05, 0) is 0 Å². The maximum Gasteiger partial charge on any atom is 0.354 e. The zero-order valence-electron chi connectivity index (χ0n) is 11.8. The lowest BCUT2D eigenvalue weighted by Gasteiger charge is -2.21. The van der Waals surface area contributed by atoms with Crippen LogP contribution in [0.4, 0.5) is 0 Å². The Hall–Kier alpha value is -2.42. The SMILES string of the molecule is COCCN(CCC(=O)OC)C(=O)c1nc[nH]c1C(=O)O. The van der Waals surface area contributed by atoms with Crippen LogP contribution in [0.5, 0.6) is 0 Å². The molecule has 1 heterocycles. The van der Waals surface area contributed by atoms with Gasteiger partial charge in [-0.25, -0.2) is 9.78 Å². The molecule has 0 radical (unpaired) electrons. The number of hydrogen-bond donors (Lipinski definition) is 2. The Kier molecular flexibility index (Phi) is 6.34. The summed E-state index contributed by atoms with van der Waals surface area (Å²) in [5, 5.41) is 8.98. The van der Waals surface area contributed by atoms with E-state index in [1.54, 1.807) is 0 Å². The largest absolute Gasteiger partial charge is 0.477 e. The molecule has 1 amide bonds. The molecular weight excluding hydrogens is 282 g/mol. The monoisotopic (exact) mass is 299 g/mol. The van der Waals surface area contributed by atoms with Crippen molar-refractivity contribution in [1.29, 1.82) is 0 Å². The Bertz CT molecular complexity index is 513. The quantitative estimate of drug-likeness (QED) is 0.635. The van der Waals surface area contributed by atoms with Crippen LogP contribution in [-0.4, -0.2) is 71.7 Å². The Morgan fingerprint density at radius 3 is 2.62 bits per heavy atom. The number of esters is 1. The van der Waals surface area contributed by atoms with E-state index in [0.717, 1.165) is 6.33 Å². The van der Waals surface area contributed by atoms with Gasteiger partial charge in [0.1, 0.15) is 0 Å². The van der Waals surface area contributed by atoms with E-state index in [1.165, 1.54) is 19.1 Å². The minimum atomic E-state index is -1.28. The molecule has 0 spiro atoms. The molecule has 0 unspecified atom stereocenters. The van der Waals surface area contributed by atoms with Crippen molar-refractivity contribution >= 4 is 17.8 Å². The second-order valence-corrected chi connectivity index (χ2v) is 4.04. The van der Waals surface area contributed by atoms with Crippen LogP contribution in [0, 0.1) is 0 Å². The first-order valence-corrected chi connectivity index (χ1v) is 6.13. The van der Waals surface area contributed by atoms with Gasteiger partial charge in [0.2, 0.25) is 0 Å². The summed E-state index contributed by atoms with van der Waals surface area (Å²) < 4.78 is 9.41. The zero-order valence-corrected chi connectivity index (χ0v) is 11.8. The van der Waals surface area contributed by atoms with Gasteiger partial charge in [0.25, 0.3) is 5.91 Å². The number of carboxylic acids is 1. The van der Waals surface area contributed by atoms with Gasteiger partial charge >= 0.3 is 11.9 Å². The van der Waals surface area contributed by atoms with E-state index in [-0.39, 0.29) is 37.5 Å². The molecule has 1 rings (SSSR count). The Balaban J connectivity index is 2.85. The number of carbonyl (C=O) groups excluding carboxylic acids is 2. The van der Waals surface area contributed by atoms with Crippen LogP contribution in [0.1, 0.15) is 27.4 Å². The average Bonchev–Trinajstić information content (AvgIpc) is 2.96. The standard InChI is InChI=1S/C12H17N3O6/c1-20-6-5-15(4-3-8(16)21-2)11(17)9-10(12(18)19)14-7-13-9/h7H,3-6H2,1-2H3,(H,13,14)(H,18,19). The lowest BCUT2D eigenvalue weighted by Crippen LogP contribution is -2.36. The number of imidazole rings is 1. The van der Waals surface area contributed by atoms with Crippen molar-refractivity contribution < 1.29 is 29.0 Å². The highest BCUT2D eigenvalue weighted by Gasteiger charge is 2.25. The highest BCUT2D eigenvalue weighted by Crippen LogP contribution is 2.08. The summed E-state index contributed by atoms with van der Waals surface area (Å²) in [6.07, 6.45) is 1.13. The van der Waals surface area contributed by atoms with Gasteiger partial charge in [0.15, 0.2) is 11.4 Å². The van der Waals surface area contributed by atoms with Gasteiger partial charge in [0, 0.05) is 20.2 Å². The highest BCUT2D eigenvalue weighted by atomic mass is 16.5. The molecule has 1 aromatic rings. The summed E-state index contributed by atoms with van der Waals surface area (Å²) >= 11 is 0. The summed E-state index contributed by atoms with van der Waals surface area (Å²) in [4.78, 5) is 41.9. The second-order valence-electron chi connectivity index (χ2n) is 4.04. The number of rotatable bonds is 8. The van der Waals surface area contributed by atoms with E-state index in [4.69, 9.17) is 9.84 Å². The van der Waals surface area contributed by atoms with E-state index in [0.29, 0.717) is 0 Å². The third-order valence-corrected chi connectivity index (χ3v) is 2.72. The molecule has 1 aromatic heterocycles. The fourth-order valence-electron chi connectivity index (χ4n) is 1.61. The van der Waals surface area contributed by atoms with E-state index in [1.807, 2.05) is 0 Å². The minimum absolute atomic E-state index is 0.00121. The molecule has 0 saturated heterocycles. The molecule has 0 bridgehead atoms. The number of aromatic carboxylic acids is 1. The van der Waals surface area contributed by atoms with Crippen LogP contribution in [0.3, 0.4) is 0 Å². The van der Waals surface area contributed by atoms with Gasteiger partial charge in [0.05, 0.1) is 26.5 Å². The molecule has 0 aliphatic rings. The Morgan fingerprint density at radius 1 is 1.33 bits per heavy atom. The second kappa shape index (κ2) is 8.00.